The Kier molecular flexibility index (Phi) is 5.54. The van der Waals surface area contributed by atoms with E-state index in [0.717, 1.165) is 23.2 Å². The topological polar surface area (TPSA) is 57.6 Å². The fraction of sp³-hybridized carbons (Fsp3) is 0.368. The normalized spacial score (nSPS) is 11.5. The number of aryl methyl sites for hydroxylation is 3. The smallest absolute Gasteiger partial charge is 0.264 e. The Morgan fingerprint density at radius 3 is 2.33 bits per heavy atom. The number of benzene rings is 2. The zero-order valence-corrected chi connectivity index (χ0v) is 15.5. The SMILES string of the molecule is CCCN(c1c(C)cccc1CC)S(=O)(=O)c1ccc(O)c(C)c1. The number of hydrogen-bond donors (Lipinski definition) is 1. The van der Waals surface area contributed by atoms with Crippen LogP contribution in [0, 0.1) is 13.8 Å². The molecular formula is C19H25NO3S. The number of nitrogens with zero attached hydrogens (tertiary/aromatic N) is 1. The zero-order valence-electron chi connectivity index (χ0n) is 14.7. The second kappa shape index (κ2) is 7.26. The van der Waals surface area contributed by atoms with Gasteiger partial charge in [-0.1, -0.05) is 32.0 Å². The Hall–Kier alpha value is -2.01. The third-order valence-electron chi connectivity index (χ3n) is 4.13. The average molecular weight is 347 g/mol. The largest absolute Gasteiger partial charge is 0.508 e. The van der Waals surface area contributed by atoms with Gasteiger partial charge in [0.15, 0.2) is 0 Å². The first-order chi connectivity index (χ1) is 11.3. The fourth-order valence-corrected chi connectivity index (χ4v) is 4.58. The van der Waals surface area contributed by atoms with Crippen LogP contribution in [-0.2, 0) is 16.4 Å². The van der Waals surface area contributed by atoms with Crippen LogP contribution in [0.3, 0.4) is 0 Å². The minimum atomic E-state index is -3.69. The van der Waals surface area contributed by atoms with Crippen molar-refractivity contribution in [3.8, 4) is 5.75 Å². The van der Waals surface area contributed by atoms with Gasteiger partial charge in [0.05, 0.1) is 10.6 Å². The van der Waals surface area contributed by atoms with E-state index in [1.54, 1.807) is 6.92 Å². The van der Waals surface area contributed by atoms with E-state index in [1.807, 2.05) is 39.0 Å². The summed E-state index contributed by atoms with van der Waals surface area (Å²) in [6.45, 7) is 8.05. The van der Waals surface area contributed by atoms with Crippen LogP contribution < -0.4 is 4.31 Å². The number of rotatable bonds is 6. The average Bonchev–Trinajstić information content (AvgIpc) is 2.55. The highest BCUT2D eigenvalue weighted by Crippen LogP contribution is 2.32. The lowest BCUT2D eigenvalue weighted by Gasteiger charge is -2.28. The number of anilines is 1. The maximum absolute atomic E-state index is 13.3. The van der Waals surface area contributed by atoms with Gasteiger partial charge in [-0.05, 0) is 61.6 Å². The maximum atomic E-state index is 13.3. The summed E-state index contributed by atoms with van der Waals surface area (Å²) in [7, 11) is -3.69. The molecule has 24 heavy (non-hydrogen) atoms. The molecule has 0 unspecified atom stereocenters. The fourth-order valence-electron chi connectivity index (χ4n) is 2.83. The first kappa shape index (κ1) is 18.3. The molecule has 0 amide bonds. The van der Waals surface area contributed by atoms with Gasteiger partial charge in [0, 0.05) is 6.54 Å². The molecule has 0 spiro atoms. The van der Waals surface area contributed by atoms with Crippen molar-refractivity contribution < 1.29 is 13.5 Å². The van der Waals surface area contributed by atoms with Gasteiger partial charge in [0.1, 0.15) is 5.75 Å². The van der Waals surface area contributed by atoms with Crippen LogP contribution in [-0.4, -0.2) is 20.1 Å². The van der Waals surface area contributed by atoms with Gasteiger partial charge in [-0.2, -0.15) is 0 Å². The molecule has 0 heterocycles. The lowest BCUT2D eigenvalue weighted by molar-refractivity contribution is 0.470. The van der Waals surface area contributed by atoms with Gasteiger partial charge in [0.25, 0.3) is 10.0 Å². The first-order valence-electron chi connectivity index (χ1n) is 8.23. The number of aromatic hydroxyl groups is 1. The highest BCUT2D eigenvalue weighted by atomic mass is 32.2. The second-order valence-electron chi connectivity index (χ2n) is 5.96. The van der Waals surface area contributed by atoms with Crippen molar-refractivity contribution in [3.05, 3.63) is 53.1 Å². The van der Waals surface area contributed by atoms with Gasteiger partial charge in [-0.15, -0.1) is 0 Å². The van der Waals surface area contributed by atoms with E-state index >= 15 is 0 Å². The number of phenolic OH excluding ortho intramolecular Hbond substituents is 1. The predicted octanol–water partition coefficient (Wildman–Crippen LogP) is 4.18. The molecule has 0 atom stereocenters. The van der Waals surface area contributed by atoms with Crippen molar-refractivity contribution in [2.75, 3.05) is 10.8 Å². The molecule has 0 radical (unpaired) electrons. The van der Waals surface area contributed by atoms with Gasteiger partial charge in [0.2, 0.25) is 0 Å². The highest BCUT2D eigenvalue weighted by Gasteiger charge is 2.27. The predicted molar refractivity (Wildman–Crippen MR) is 98.2 cm³/mol. The Morgan fingerprint density at radius 1 is 1.04 bits per heavy atom. The third kappa shape index (κ3) is 3.41. The summed E-state index contributed by atoms with van der Waals surface area (Å²) in [5.74, 6) is 0.0983. The highest BCUT2D eigenvalue weighted by molar-refractivity contribution is 7.92. The lowest BCUT2D eigenvalue weighted by Crippen LogP contribution is -2.33. The molecule has 0 fully saturated rings. The molecule has 0 aromatic heterocycles. The van der Waals surface area contributed by atoms with Crippen LogP contribution in [0.25, 0.3) is 0 Å². The van der Waals surface area contributed by atoms with E-state index < -0.39 is 10.0 Å². The van der Waals surface area contributed by atoms with Crippen LogP contribution in [0.1, 0.15) is 37.0 Å². The molecular weight excluding hydrogens is 322 g/mol. The number of phenols is 1. The van der Waals surface area contributed by atoms with Crippen molar-refractivity contribution in [3.63, 3.8) is 0 Å². The molecule has 2 aromatic rings. The lowest BCUT2D eigenvalue weighted by atomic mass is 10.1. The molecule has 0 aliphatic heterocycles. The molecule has 0 bridgehead atoms. The molecule has 0 saturated heterocycles. The van der Waals surface area contributed by atoms with E-state index in [9.17, 15) is 13.5 Å². The monoisotopic (exact) mass is 347 g/mol. The summed E-state index contributed by atoms with van der Waals surface area (Å²) < 4.78 is 28.0. The minimum absolute atomic E-state index is 0.0983. The van der Waals surface area contributed by atoms with Gasteiger partial charge in [-0.3, -0.25) is 4.31 Å². The van der Waals surface area contributed by atoms with Crippen molar-refractivity contribution >= 4 is 15.7 Å². The minimum Gasteiger partial charge on any atom is -0.508 e. The second-order valence-corrected chi connectivity index (χ2v) is 7.82. The number of para-hydroxylation sites is 1. The Bertz CT molecular complexity index is 829. The molecule has 0 saturated carbocycles. The van der Waals surface area contributed by atoms with Gasteiger partial charge >= 0.3 is 0 Å². The summed E-state index contributed by atoms with van der Waals surface area (Å²) in [4.78, 5) is 0.205. The summed E-state index contributed by atoms with van der Waals surface area (Å²) in [5, 5.41) is 9.69. The molecule has 0 aliphatic carbocycles. The van der Waals surface area contributed by atoms with E-state index in [1.165, 1.54) is 22.5 Å². The molecule has 2 rings (SSSR count). The first-order valence-corrected chi connectivity index (χ1v) is 9.67. The van der Waals surface area contributed by atoms with Crippen molar-refractivity contribution in [1.29, 1.82) is 0 Å². The van der Waals surface area contributed by atoms with Crippen LogP contribution in [0.2, 0.25) is 0 Å². The Labute approximate surface area is 144 Å². The molecule has 1 N–H and O–H groups in total. The molecule has 130 valence electrons. The summed E-state index contributed by atoms with van der Waals surface area (Å²) in [6, 6.07) is 10.3. The van der Waals surface area contributed by atoms with Crippen molar-refractivity contribution in [1.82, 2.24) is 0 Å². The zero-order chi connectivity index (χ0) is 17.9. The summed E-state index contributed by atoms with van der Waals surface area (Å²) in [5.41, 5.74) is 3.28. The van der Waals surface area contributed by atoms with E-state index in [2.05, 4.69) is 0 Å². The molecule has 4 nitrogen and oxygen atoms in total. The van der Waals surface area contributed by atoms with E-state index in [4.69, 9.17) is 0 Å². The Morgan fingerprint density at radius 2 is 1.75 bits per heavy atom. The van der Waals surface area contributed by atoms with E-state index in [0.29, 0.717) is 18.5 Å². The quantitative estimate of drug-likeness (QED) is 0.853. The standard InChI is InChI=1S/C19H25NO3S/c1-5-12-20(19-14(3)8-7-9-16(19)6-2)24(22,23)17-10-11-18(21)15(4)13-17/h7-11,13,21H,5-6,12H2,1-4H3. The van der Waals surface area contributed by atoms with Crippen molar-refractivity contribution in [2.24, 2.45) is 0 Å². The molecule has 2 aromatic carbocycles. The van der Waals surface area contributed by atoms with Crippen molar-refractivity contribution in [2.45, 2.75) is 45.4 Å². The summed E-state index contributed by atoms with van der Waals surface area (Å²) >= 11 is 0. The van der Waals surface area contributed by atoms with Crippen LogP contribution in [0.5, 0.6) is 5.75 Å². The van der Waals surface area contributed by atoms with Gasteiger partial charge < -0.3 is 5.11 Å². The summed E-state index contributed by atoms with van der Waals surface area (Å²) in [6.07, 6.45) is 1.48. The number of sulfonamides is 1. The van der Waals surface area contributed by atoms with Crippen LogP contribution in [0.4, 0.5) is 5.69 Å². The maximum Gasteiger partial charge on any atom is 0.264 e. The van der Waals surface area contributed by atoms with Crippen LogP contribution >= 0.6 is 0 Å². The Balaban J connectivity index is 2.64. The van der Waals surface area contributed by atoms with Crippen LogP contribution in [0.15, 0.2) is 41.3 Å². The van der Waals surface area contributed by atoms with E-state index in [-0.39, 0.29) is 10.6 Å². The third-order valence-corrected chi connectivity index (χ3v) is 5.93. The number of hydrogen-bond acceptors (Lipinski definition) is 3. The molecule has 5 heteroatoms. The van der Waals surface area contributed by atoms with Gasteiger partial charge in [-0.25, -0.2) is 8.42 Å². The molecule has 0 aliphatic rings.